The largest absolute Gasteiger partial charge is 0.493 e. The Hall–Kier alpha value is -0.810. The van der Waals surface area contributed by atoms with Crippen LogP contribution in [0.15, 0.2) is 12.3 Å². The number of hydrogen-bond acceptors (Lipinski definition) is 4. The summed E-state index contributed by atoms with van der Waals surface area (Å²) in [5, 5.41) is 3.36. The van der Waals surface area contributed by atoms with Crippen molar-refractivity contribution in [3.63, 3.8) is 0 Å². The van der Waals surface area contributed by atoms with Crippen LogP contribution in [-0.2, 0) is 6.54 Å². The van der Waals surface area contributed by atoms with Crippen molar-refractivity contribution in [1.29, 1.82) is 0 Å². The van der Waals surface area contributed by atoms with E-state index in [4.69, 9.17) is 9.47 Å². The third-order valence-electron chi connectivity index (χ3n) is 2.74. The van der Waals surface area contributed by atoms with E-state index >= 15 is 0 Å². The monoisotopic (exact) mass is 316 g/mol. The molecule has 4 nitrogen and oxygen atoms in total. The summed E-state index contributed by atoms with van der Waals surface area (Å²) in [6, 6.07) is 1.80. The van der Waals surface area contributed by atoms with Crippen molar-refractivity contribution in [2.45, 2.75) is 31.1 Å². The molecule has 1 aromatic rings. The normalized spacial score (nSPS) is 12.2. The van der Waals surface area contributed by atoms with Crippen molar-refractivity contribution in [1.82, 2.24) is 10.3 Å². The van der Waals surface area contributed by atoms with Crippen LogP contribution in [0.25, 0.3) is 0 Å². The van der Waals surface area contributed by atoms with Crippen LogP contribution in [0.2, 0.25) is 0 Å². The van der Waals surface area contributed by atoms with Crippen LogP contribution < -0.4 is 14.8 Å². The molecule has 102 valence electrons. The van der Waals surface area contributed by atoms with Crippen molar-refractivity contribution in [2.75, 3.05) is 20.8 Å². The molecule has 0 saturated heterocycles. The Morgan fingerprint density at radius 2 is 2.17 bits per heavy atom. The van der Waals surface area contributed by atoms with Gasteiger partial charge in [-0.25, -0.2) is 0 Å². The van der Waals surface area contributed by atoms with Gasteiger partial charge in [0, 0.05) is 23.6 Å². The fraction of sp³-hybridized carbons (Fsp3) is 0.615. The lowest BCUT2D eigenvalue weighted by Gasteiger charge is -2.12. The zero-order chi connectivity index (χ0) is 13.4. The molecular weight excluding hydrogens is 296 g/mol. The molecule has 0 saturated carbocycles. The van der Waals surface area contributed by atoms with E-state index in [1.54, 1.807) is 26.5 Å². The van der Waals surface area contributed by atoms with E-state index in [1.165, 1.54) is 0 Å². The van der Waals surface area contributed by atoms with Gasteiger partial charge in [0.1, 0.15) is 0 Å². The molecule has 0 aliphatic carbocycles. The van der Waals surface area contributed by atoms with Crippen LogP contribution in [0.3, 0.4) is 0 Å². The summed E-state index contributed by atoms with van der Waals surface area (Å²) in [6.45, 7) is 3.81. The summed E-state index contributed by atoms with van der Waals surface area (Å²) in [5.41, 5.74) is 0.875. The van der Waals surface area contributed by atoms with Gasteiger partial charge in [-0.2, -0.15) is 0 Å². The van der Waals surface area contributed by atoms with Gasteiger partial charge in [0.2, 0.25) is 0 Å². The van der Waals surface area contributed by atoms with Gasteiger partial charge < -0.3 is 14.8 Å². The molecule has 0 radical (unpaired) electrons. The number of aromatic nitrogens is 1. The highest BCUT2D eigenvalue weighted by atomic mass is 79.9. The second-order valence-corrected chi connectivity index (χ2v) is 5.26. The fourth-order valence-corrected chi connectivity index (χ4v) is 1.88. The van der Waals surface area contributed by atoms with Crippen molar-refractivity contribution in [3.8, 4) is 11.5 Å². The second-order valence-electron chi connectivity index (χ2n) is 3.96. The lowest BCUT2D eigenvalue weighted by atomic mass is 10.2. The summed E-state index contributed by atoms with van der Waals surface area (Å²) in [4.78, 5) is 4.89. The first-order valence-corrected chi connectivity index (χ1v) is 7.05. The first-order chi connectivity index (χ1) is 8.72. The number of methoxy groups -OCH3 is 2. The molecular formula is C13H21BrN2O2. The molecule has 0 bridgehead atoms. The fourth-order valence-electron chi connectivity index (χ4n) is 1.65. The second kappa shape index (κ2) is 8.32. The van der Waals surface area contributed by atoms with Crippen LogP contribution in [0, 0.1) is 0 Å². The van der Waals surface area contributed by atoms with Crippen molar-refractivity contribution < 1.29 is 9.47 Å². The summed E-state index contributed by atoms with van der Waals surface area (Å²) < 4.78 is 10.6. The Balaban J connectivity index is 2.51. The molecule has 1 unspecified atom stereocenters. The highest BCUT2D eigenvalue weighted by Crippen LogP contribution is 2.28. The maximum Gasteiger partial charge on any atom is 0.183 e. The van der Waals surface area contributed by atoms with Gasteiger partial charge in [-0.15, -0.1) is 0 Å². The summed E-state index contributed by atoms with van der Waals surface area (Å²) in [7, 11) is 3.26. The zero-order valence-corrected chi connectivity index (χ0v) is 12.8. The minimum Gasteiger partial charge on any atom is -0.493 e. The highest BCUT2D eigenvalue weighted by molar-refractivity contribution is 9.09. The summed E-state index contributed by atoms with van der Waals surface area (Å²) in [6.07, 6.45) is 3.98. The predicted octanol–water partition coefficient (Wildman–Crippen LogP) is 2.75. The summed E-state index contributed by atoms with van der Waals surface area (Å²) in [5.74, 6) is 1.43. The van der Waals surface area contributed by atoms with Crippen LogP contribution in [0.4, 0.5) is 0 Å². The number of hydrogen-bond donors (Lipinski definition) is 1. The Morgan fingerprint density at radius 1 is 1.39 bits per heavy atom. The van der Waals surface area contributed by atoms with E-state index in [1.807, 2.05) is 0 Å². The van der Waals surface area contributed by atoms with Crippen molar-refractivity contribution in [2.24, 2.45) is 0 Å². The number of pyridine rings is 1. The first kappa shape index (κ1) is 15.2. The van der Waals surface area contributed by atoms with Crippen LogP contribution in [-0.4, -0.2) is 30.6 Å². The third-order valence-corrected chi connectivity index (χ3v) is 3.84. The minimum absolute atomic E-state index is 0.574. The van der Waals surface area contributed by atoms with Gasteiger partial charge in [-0.1, -0.05) is 22.9 Å². The van der Waals surface area contributed by atoms with Crippen molar-refractivity contribution >= 4 is 15.9 Å². The van der Waals surface area contributed by atoms with Gasteiger partial charge in [0.05, 0.1) is 19.9 Å². The van der Waals surface area contributed by atoms with E-state index in [2.05, 4.69) is 33.2 Å². The summed E-state index contributed by atoms with van der Waals surface area (Å²) >= 11 is 3.61. The maximum atomic E-state index is 5.33. The predicted molar refractivity (Wildman–Crippen MR) is 76.7 cm³/mol. The zero-order valence-electron chi connectivity index (χ0n) is 11.2. The molecule has 0 spiro atoms. The van der Waals surface area contributed by atoms with Gasteiger partial charge in [-0.3, -0.25) is 4.98 Å². The number of rotatable bonds is 8. The Morgan fingerprint density at radius 3 is 2.78 bits per heavy atom. The van der Waals surface area contributed by atoms with Crippen LogP contribution in [0.5, 0.6) is 11.5 Å². The Labute approximate surface area is 117 Å². The van der Waals surface area contributed by atoms with Gasteiger partial charge in [0.25, 0.3) is 0 Å². The molecule has 1 aromatic heterocycles. The van der Waals surface area contributed by atoms with Crippen LogP contribution >= 0.6 is 15.9 Å². The smallest absolute Gasteiger partial charge is 0.183 e. The Bertz CT molecular complexity index is 361. The molecule has 1 heterocycles. The number of halogens is 1. The van der Waals surface area contributed by atoms with E-state index in [-0.39, 0.29) is 0 Å². The molecule has 1 rings (SSSR count). The molecule has 0 aromatic carbocycles. The highest BCUT2D eigenvalue weighted by Gasteiger charge is 2.10. The average molecular weight is 317 g/mol. The maximum absolute atomic E-state index is 5.33. The molecule has 5 heteroatoms. The Kier molecular flexibility index (Phi) is 7.05. The molecule has 1 N–H and O–H groups in total. The number of nitrogens with zero attached hydrogens (tertiary/aromatic N) is 1. The topological polar surface area (TPSA) is 43.4 Å². The molecule has 0 amide bonds. The molecule has 1 atom stereocenters. The van der Waals surface area contributed by atoms with Crippen molar-refractivity contribution in [3.05, 3.63) is 18.0 Å². The average Bonchev–Trinajstić information content (AvgIpc) is 2.42. The van der Waals surface area contributed by atoms with E-state index in [0.29, 0.717) is 17.1 Å². The lowest BCUT2D eigenvalue weighted by molar-refractivity contribution is 0.348. The van der Waals surface area contributed by atoms with E-state index < -0.39 is 0 Å². The van der Waals surface area contributed by atoms with E-state index in [0.717, 1.165) is 30.8 Å². The van der Waals surface area contributed by atoms with Gasteiger partial charge in [-0.05, 0) is 19.4 Å². The van der Waals surface area contributed by atoms with Gasteiger partial charge >= 0.3 is 0 Å². The molecule has 0 fully saturated rings. The first-order valence-electron chi connectivity index (χ1n) is 6.13. The molecule has 18 heavy (non-hydrogen) atoms. The van der Waals surface area contributed by atoms with E-state index in [9.17, 15) is 0 Å². The lowest BCUT2D eigenvalue weighted by Crippen LogP contribution is -2.19. The SMILES string of the molecule is CCC(Br)CCNCc1nccc(OC)c1OC. The minimum atomic E-state index is 0.574. The van der Waals surface area contributed by atoms with Gasteiger partial charge in [0.15, 0.2) is 11.5 Å². The standard InChI is InChI=1S/C13H21BrN2O2/c1-4-10(14)5-7-15-9-11-13(18-3)12(17-2)6-8-16-11/h6,8,10,15H,4-5,7,9H2,1-3H3. The number of alkyl halides is 1. The number of ether oxygens (including phenoxy) is 2. The quantitative estimate of drug-likeness (QED) is 0.591. The van der Waals surface area contributed by atoms with Crippen LogP contribution in [0.1, 0.15) is 25.5 Å². The molecule has 0 aliphatic rings. The third kappa shape index (κ3) is 4.46. The molecule has 0 aliphatic heterocycles. The number of nitrogens with one attached hydrogen (secondary N) is 1.